The van der Waals surface area contributed by atoms with Crippen molar-refractivity contribution in [1.82, 2.24) is 20.0 Å². The highest BCUT2D eigenvalue weighted by molar-refractivity contribution is 7.99. The second-order valence-corrected chi connectivity index (χ2v) is 9.38. The summed E-state index contributed by atoms with van der Waals surface area (Å²) in [7, 11) is 0. The minimum absolute atomic E-state index is 0.00860. The molecule has 0 aliphatic carbocycles. The van der Waals surface area contributed by atoms with Crippen LogP contribution in [0.4, 0.5) is 4.39 Å². The van der Waals surface area contributed by atoms with E-state index in [2.05, 4.69) is 15.3 Å². The van der Waals surface area contributed by atoms with Crippen LogP contribution in [0.3, 0.4) is 0 Å². The van der Waals surface area contributed by atoms with Crippen molar-refractivity contribution < 1.29 is 24.4 Å². The van der Waals surface area contributed by atoms with Gasteiger partial charge in [0.2, 0.25) is 0 Å². The summed E-state index contributed by atoms with van der Waals surface area (Å²) < 4.78 is 20.9. The van der Waals surface area contributed by atoms with Crippen LogP contribution in [0.5, 0.6) is 0 Å². The van der Waals surface area contributed by atoms with Crippen molar-refractivity contribution in [2.24, 2.45) is 0 Å². The maximum atomic E-state index is 14.0. The summed E-state index contributed by atoms with van der Waals surface area (Å²) >= 11 is 18.8. The normalized spacial score (nSPS) is 25.8. The number of nitrogens with zero attached hydrogens (tertiary/aromatic N) is 4. The van der Waals surface area contributed by atoms with Gasteiger partial charge in [-0.1, -0.05) is 51.8 Å². The van der Waals surface area contributed by atoms with Gasteiger partial charge in [-0.25, -0.2) is 9.07 Å². The molecule has 0 amide bonds. The molecule has 0 radical (unpaired) electrons. The van der Waals surface area contributed by atoms with Gasteiger partial charge in [0.1, 0.15) is 41.3 Å². The average molecular weight is 522 g/mol. The quantitative estimate of drug-likeness (QED) is 0.439. The summed E-state index contributed by atoms with van der Waals surface area (Å²) in [6, 6.07) is 3.22. The molecule has 5 atom stereocenters. The maximum absolute atomic E-state index is 14.0. The first-order valence-corrected chi connectivity index (χ1v) is 11.3. The first-order chi connectivity index (χ1) is 15.3. The average Bonchev–Trinajstić information content (AvgIpc) is 3.23. The van der Waals surface area contributed by atoms with Gasteiger partial charge in [-0.2, -0.15) is 0 Å². The number of aliphatic hydroxyl groups is 3. The summed E-state index contributed by atoms with van der Waals surface area (Å²) in [5, 5.41) is 39.6. The molecule has 1 aromatic carbocycles. The monoisotopic (exact) mass is 520 g/mol. The Labute approximate surface area is 200 Å². The first kappa shape index (κ1) is 23.7. The van der Waals surface area contributed by atoms with Crippen molar-refractivity contribution in [2.45, 2.75) is 34.7 Å². The zero-order chi connectivity index (χ0) is 23.0. The summed E-state index contributed by atoms with van der Waals surface area (Å²) in [4.78, 5) is 4.62. The summed E-state index contributed by atoms with van der Waals surface area (Å²) in [5.41, 5.74) is -0.318. The van der Waals surface area contributed by atoms with E-state index in [0.29, 0.717) is 15.5 Å². The lowest BCUT2D eigenvalue weighted by atomic mass is 9.97. The lowest BCUT2D eigenvalue weighted by Crippen LogP contribution is -2.55. The van der Waals surface area contributed by atoms with E-state index in [-0.39, 0.29) is 15.7 Å². The number of benzene rings is 1. The third-order valence-electron chi connectivity index (χ3n) is 4.88. The zero-order valence-electron chi connectivity index (χ0n) is 16.0. The Hall–Kier alpha value is -1.50. The number of thioether (sulfide) groups is 1. The fraction of sp³-hybridized carbons (Fsp3) is 0.316. The highest BCUT2D eigenvalue weighted by Crippen LogP contribution is 2.39. The van der Waals surface area contributed by atoms with Crippen LogP contribution in [0, 0.1) is 5.82 Å². The Morgan fingerprint density at radius 3 is 2.59 bits per heavy atom. The second-order valence-electron chi connectivity index (χ2n) is 6.99. The number of aromatic nitrogens is 4. The van der Waals surface area contributed by atoms with E-state index in [9.17, 15) is 19.7 Å². The van der Waals surface area contributed by atoms with Gasteiger partial charge in [0.25, 0.3) is 0 Å². The van der Waals surface area contributed by atoms with Gasteiger partial charge in [0.05, 0.1) is 27.9 Å². The van der Waals surface area contributed by atoms with E-state index < -0.39 is 42.2 Å². The van der Waals surface area contributed by atoms with Crippen LogP contribution < -0.4 is 0 Å². The molecule has 170 valence electrons. The number of aliphatic hydroxyl groups excluding tert-OH is 3. The molecule has 3 aromatic rings. The van der Waals surface area contributed by atoms with Crippen molar-refractivity contribution in [3.8, 4) is 11.3 Å². The van der Waals surface area contributed by atoms with E-state index >= 15 is 0 Å². The van der Waals surface area contributed by atoms with Crippen LogP contribution in [0.2, 0.25) is 15.1 Å². The SMILES string of the molecule is OCC1OC(Sc2cncc(Cl)c2)C(O)C(n2cc(-c3cc(F)c(Cl)c(Cl)c3)nn2)C1O. The lowest BCUT2D eigenvalue weighted by molar-refractivity contribution is -0.178. The van der Waals surface area contributed by atoms with E-state index in [0.717, 1.165) is 17.8 Å². The molecule has 4 rings (SSSR count). The number of pyridine rings is 1. The Morgan fingerprint density at radius 1 is 1.12 bits per heavy atom. The Bertz CT molecular complexity index is 1100. The molecule has 13 heteroatoms. The fourth-order valence-electron chi connectivity index (χ4n) is 3.33. The highest BCUT2D eigenvalue weighted by Gasteiger charge is 2.46. The van der Waals surface area contributed by atoms with E-state index in [1.165, 1.54) is 23.1 Å². The van der Waals surface area contributed by atoms with Gasteiger partial charge < -0.3 is 20.1 Å². The molecule has 32 heavy (non-hydrogen) atoms. The van der Waals surface area contributed by atoms with Crippen LogP contribution in [0.25, 0.3) is 11.3 Å². The topological polar surface area (TPSA) is 114 Å². The molecule has 8 nitrogen and oxygen atoms in total. The molecular weight excluding hydrogens is 506 g/mol. The largest absolute Gasteiger partial charge is 0.394 e. The van der Waals surface area contributed by atoms with Gasteiger partial charge >= 0.3 is 0 Å². The molecular formula is C19H16Cl3FN4O4S. The van der Waals surface area contributed by atoms with Crippen LogP contribution in [0.1, 0.15) is 6.04 Å². The van der Waals surface area contributed by atoms with Gasteiger partial charge in [0, 0.05) is 22.9 Å². The minimum Gasteiger partial charge on any atom is -0.394 e. The second kappa shape index (κ2) is 9.78. The van der Waals surface area contributed by atoms with E-state index in [1.54, 1.807) is 12.3 Å². The van der Waals surface area contributed by atoms with Gasteiger partial charge in [-0.3, -0.25) is 4.98 Å². The maximum Gasteiger partial charge on any atom is 0.143 e. The molecule has 5 unspecified atom stereocenters. The summed E-state index contributed by atoms with van der Waals surface area (Å²) in [6.45, 7) is -0.491. The number of rotatable bonds is 5. The van der Waals surface area contributed by atoms with Gasteiger partial charge in [-0.05, 0) is 18.2 Å². The fourth-order valence-corrected chi connectivity index (χ4v) is 4.97. The molecule has 1 saturated heterocycles. The van der Waals surface area contributed by atoms with Crippen LogP contribution in [-0.2, 0) is 4.74 Å². The predicted octanol–water partition coefficient (Wildman–Crippen LogP) is 3.21. The summed E-state index contributed by atoms with van der Waals surface area (Å²) in [6.07, 6.45) is 0.894. The van der Waals surface area contributed by atoms with Crippen LogP contribution in [-0.4, -0.2) is 65.7 Å². The van der Waals surface area contributed by atoms with E-state index in [1.807, 2.05) is 0 Å². The minimum atomic E-state index is -1.30. The molecule has 3 heterocycles. The number of hydrogen-bond donors (Lipinski definition) is 3. The Morgan fingerprint density at radius 2 is 1.91 bits per heavy atom. The van der Waals surface area contributed by atoms with Crippen molar-refractivity contribution in [1.29, 1.82) is 0 Å². The molecule has 1 fully saturated rings. The molecule has 1 aliphatic heterocycles. The molecule has 2 aromatic heterocycles. The first-order valence-electron chi connectivity index (χ1n) is 9.25. The standard InChI is InChI=1S/C19H16Cl3FN4O4S/c20-9-3-10(5-24-4-9)32-19-18(30)16(17(29)14(7-28)31-19)27-6-13(25-26-27)8-1-11(21)15(22)12(23)2-8/h1-6,14,16-19,28-30H,7H2. The van der Waals surface area contributed by atoms with Crippen LogP contribution >= 0.6 is 46.6 Å². The number of halogens is 4. The molecule has 3 N–H and O–H groups in total. The number of hydrogen-bond acceptors (Lipinski definition) is 8. The predicted molar refractivity (Wildman–Crippen MR) is 117 cm³/mol. The molecule has 1 aliphatic rings. The summed E-state index contributed by atoms with van der Waals surface area (Å²) in [5.74, 6) is -0.721. The van der Waals surface area contributed by atoms with Crippen molar-refractivity contribution >= 4 is 46.6 Å². The third kappa shape index (κ3) is 4.73. The smallest absolute Gasteiger partial charge is 0.143 e. The molecule has 0 bridgehead atoms. The highest BCUT2D eigenvalue weighted by atomic mass is 35.5. The lowest BCUT2D eigenvalue weighted by Gasteiger charge is -2.41. The molecule has 0 saturated carbocycles. The Balaban J connectivity index is 1.64. The number of ether oxygens (including phenoxy) is 1. The zero-order valence-corrected chi connectivity index (χ0v) is 19.1. The van der Waals surface area contributed by atoms with Crippen molar-refractivity contribution in [3.63, 3.8) is 0 Å². The van der Waals surface area contributed by atoms with Crippen molar-refractivity contribution in [3.05, 3.63) is 57.7 Å². The van der Waals surface area contributed by atoms with E-state index in [4.69, 9.17) is 39.5 Å². The van der Waals surface area contributed by atoms with Crippen LogP contribution in [0.15, 0.2) is 41.7 Å². The Kier molecular flexibility index (Phi) is 7.23. The van der Waals surface area contributed by atoms with Crippen molar-refractivity contribution in [2.75, 3.05) is 6.61 Å². The molecule has 0 spiro atoms. The van der Waals surface area contributed by atoms with Gasteiger partial charge in [0.15, 0.2) is 0 Å². The third-order valence-corrected chi connectivity index (χ3v) is 6.98. The van der Waals surface area contributed by atoms with Gasteiger partial charge in [-0.15, -0.1) is 5.10 Å².